The van der Waals surface area contributed by atoms with E-state index in [0.29, 0.717) is 29.5 Å². The average Bonchev–Trinajstić information content (AvgIpc) is 2.66. The quantitative estimate of drug-likeness (QED) is 0.494. The molecule has 7 heteroatoms. The van der Waals surface area contributed by atoms with E-state index in [1.54, 1.807) is 18.2 Å². The van der Waals surface area contributed by atoms with Crippen molar-refractivity contribution in [3.8, 4) is 11.5 Å². The van der Waals surface area contributed by atoms with Crippen molar-refractivity contribution in [1.82, 2.24) is 0 Å². The normalized spacial score (nSPS) is 11.4. The molecule has 0 radical (unpaired) electrons. The Hall–Kier alpha value is -2.73. The van der Waals surface area contributed by atoms with Crippen LogP contribution in [0.15, 0.2) is 42.5 Å². The Labute approximate surface area is 169 Å². The fourth-order valence-electron chi connectivity index (χ4n) is 2.36. The Bertz CT molecular complexity index is 807. The maximum atomic E-state index is 12.3. The average molecular weight is 406 g/mol. The first-order valence-electron chi connectivity index (χ1n) is 8.92. The van der Waals surface area contributed by atoms with Gasteiger partial charge in [-0.2, -0.15) is 0 Å². The van der Waals surface area contributed by atoms with Crippen molar-refractivity contribution >= 4 is 29.2 Å². The zero-order valence-corrected chi connectivity index (χ0v) is 16.9. The summed E-state index contributed by atoms with van der Waals surface area (Å²) in [5.74, 6) is 0.282. The fourth-order valence-corrected chi connectivity index (χ4v) is 2.53. The summed E-state index contributed by atoms with van der Waals surface area (Å²) in [6, 6.07) is 12.5. The number of esters is 1. The molecule has 0 unspecified atom stereocenters. The van der Waals surface area contributed by atoms with Crippen molar-refractivity contribution in [2.24, 2.45) is 0 Å². The van der Waals surface area contributed by atoms with E-state index in [1.165, 1.54) is 14.0 Å². The van der Waals surface area contributed by atoms with Gasteiger partial charge in [-0.15, -0.1) is 0 Å². The van der Waals surface area contributed by atoms with Crippen LogP contribution in [0, 0.1) is 6.92 Å². The fraction of sp³-hybridized carbons (Fsp3) is 0.333. The number of anilines is 1. The van der Waals surface area contributed by atoms with Gasteiger partial charge in [-0.05, 0) is 50.6 Å². The number of halogens is 1. The highest BCUT2D eigenvalue weighted by molar-refractivity contribution is 6.31. The molecule has 0 aromatic heterocycles. The van der Waals surface area contributed by atoms with Gasteiger partial charge in [0.05, 0.1) is 19.4 Å². The monoisotopic (exact) mass is 405 g/mol. The van der Waals surface area contributed by atoms with Crippen molar-refractivity contribution in [1.29, 1.82) is 0 Å². The predicted molar refractivity (Wildman–Crippen MR) is 108 cm³/mol. The van der Waals surface area contributed by atoms with E-state index in [4.69, 9.17) is 25.8 Å². The van der Waals surface area contributed by atoms with E-state index in [9.17, 15) is 9.59 Å². The van der Waals surface area contributed by atoms with Gasteiger partial charge in [0.15, 0.2) is 6.10 Å². The van der Waals surface area contributed by atoms with Crippen LogP contribution >= 0.6 is 11.6 Å². The summed E-state index contributed by atoms with van der Waals surface area (Å²) in [6.07, 6.45) is -0.304. The van der Waals surface area contributed by atoms with E-state index in [0.717, 1.165) is 11.3 Å². The molecule has 0 fully saturated rings. The minimum atomic E-state index is -0.950. The van der Waals surface area contributed by atoms with Gasteiger partial charge in [-0.1, -0.05) is 29.3 Å². The number of amides is 1. The third-order valence-corrected chi connectivity index (χ3v) is 4.15. The Kier molecular flexibility index (Phi) is 8.14. The molecule has 0 aliphatic carbocycles. The van der Waals surface area contributed by atoms with E-state index in [-0.39, 0.29) is 6.42 Å². The lowest BCUT2D eigenvalue weighted by Gasteiger charge is -2.15. The van der Waals surface area contributed by atoms with Crippen LogP contribution in [-0.2, 0) is 14.3 Å². The summed E-state index contributed by atoms with van der Waals surface area (Å²) in [5.41, 5.74) is 1.56. The summed E-state index contributed by atoms with van der Waals surface area (Å²) >= 11 is 5.94. The molecule has 2 rings (SSSR count). The Morgan fingerprint density at radius 2 is 1.86 bits per heavy atom. The highest BCUT2D eigenvalue weighted by Crippen LogP contribution is 2.27. The van der Waals surface area contributed by atoms with Crippen LogP contribution in [0.5, 0.6) is 11.5 Å². The van der Waals surface area contributed by atoms with Crippen LogP contribution in [0.25, 0.3) is 0 Å². The van der Waals surface area contributed by atoms with Crippen LogP contribution in [0.1, 0.15) is 25.3 Å². The molecule has 0 bridgehead atoms. The van der Waals surface area contributed by atoms with Gasteiger partial charge in [0.2, 0.25) is 0 Å². The van der Waals surface area contributed by atoms with Crippen molar-refractivity contribution < 1.29 is 23.8 Å². The zero-order chi connectivity index (χ0) is 20.5. The molecule has 0 heterocycles. The number of hydrogen-bond donors (Lipinski definition) is 1. The van der Waals surface area contributed by atoms with Gasteiger partial charge in [0.25, 0.3) is 5.91 Å². The summed E-state index contributed by atoms with van der Waals surface area (Å²) in [4.78, 5) is 24.2. The Morgan fingerprint density at radius 1 is 1.14 bits per heavy atom. The molecule has 1 N–H and O–H groups in total. The molecule has 0 saturated carbocycles. The van der Waals surface area contributed by atoms with Crippen molar-refractivity contribution in [2.45, 2.75) is 32.8 Å². The van der Waals surface area contributed by atoms with E-state index < -0.39 is 18.0 Å². The van der Waals surface area contributed by atoms with Crippen molar-refractivity contribution in [3.05, 3.63) is 53.1 Å². The molecule has 0 spiro atoms. The van der Waals surface area contributed by atoms with Gasteiger partial charge >= 0.3 is 5.97 Å². The standard InChI is InChI=1S/C21H24ClNO5/c1-14-6-9-17(10-7-14)27-12-4-5-20(24)28-15(2)21(25)23-18-13-16(22)8-11-19(18)26-3/h6-11,13,15H,4-5,12H2,1-3H3,(H,23,25)/t15-/m0/s1. The molecule has 1 atom stereocenters. The summed E-state index contributed by atoms with van der Waals surface area (Å²) in [7, 11) is 1.49. The maximum Gasteiger partial charge on any atom is 0.306 e. The zero-order valence-electron chi connectivity index (χ0n) is 16.2. The summed E-state index contributed by atoms with van der Waals surface area (Å²) in [5, 5.41) is 3.10. The number of benzene rings is 2. The Morgan fingerprint density at radius 3 is 2.54 bits per heavy atom. The topological polar surface area (TPSA) is 73.9 Å². The number of carbonyl (C=O) groups excluding carboxylic acids is 2. The van der Waals surface area contributed by atoms with Gasteiger partial charge in [0, 0.05) is 11.4 Å². The molecule has 0 aliphatic rings. The molecular weight excluding hydrogens is 382 g/mol. The van der Waals surface area contributed by atoms with Crippen LogP contribution in [-0.4, -0.2) is 31.7 Å². The molecule has 150 valence electrons. The maximum absolute atomic E-state index is 12.3. The number of hydrogen-bond acceptors (Lipinski definition) is 5. The minimum absolute atomic E-state index is 0.157. The lowest BCUT2D eigenvalue weighted by atomic mass is 10.2. The molecular formula is C21H24ClNO5. The van der Waals surface area contributed by atoms with Crippen LogP contribution in [0.2, 0.25) is 5.02 Å². The van der Waals surface area contributed by atoms with Gasteiger partial charge in [0.1, 0.15) is 11.5 Å². The number of methoxy groups -OCH3 is 1. The van der Waals surface area contributed by atoms with Gasteiger partial charge < -0.3 is 19.5 Å². The van der Waals surface area contributed by atoms with Crippen LogP contribution in [0.3, 0.4) is 0 Å². The van der Waals surface area contributed by atoms with Crippen molar-refractivity contribution in [2.75, 3.05) is 19.0 Å². The lowest BCUT2D eigenvalue weighted by molar-refractivity contribution is -0.153. The SMILES string of the molecule is COc1ccc(Cl)cc1NC(=O)[C@H](C)OC(=O)CCCOc1ccc(C)cc1. The number of aryl methyl sites for hydroxylation is 1. The second-order valence-corrected chi connectivity index (χ2v) is 6.67. The third-order valence-electron chi connectivity index (χ3n) is 3.91. The largest absolute Gasteiger partial charge is 0.495 e. The second-order valence-electron chi connectivity index (χ2n) is 6.23. The molecule has 28 heavy (non-hydrogen) atoms. The van der Waals surface area contributed by atoms with Crippen molar-refractivity contribution in [3.63, 3.8) is 0 Å². The number of carbonyl (C=O) groups is 2. The lowest BCUT2D eigenvalue weighted by Crippen LogP contribution is -2.30. The van der Waals surface area contributed by atoms with Gasteiger partial charge in [-0.25, -0.2) is 0 Å². The van der Waals surface area contributed by atoms with E-state index >= 15 is 0 Å². The predicted octanol–water partition coefficient (Wildman–Crippen LogP) is 4.39. The molecule has 0 aliphatic heterocycles. The molecule has 6 nitrogen and oxygen atoms in total. The number of nitrogens with one attached hydrogen (secondary N) is 1. The first-order chi connectivity index (χ1) is 13.4. The molecule has 2 aromatic rings. The van der Waals surface area contributed by atoms with Crippen LogP contribution in [0.4, 0.5) is 5.69 Å². The first kappa shape index (κ1) is 21.6. The summed E-state index contributed by atoms with van der Waals surface area (Å²) in [6.45, 7) is 3.89. The highest BCUT2D eigenvalue weighted by atomic mass is 35.5. The highest BCUT2D eigenvalue weighted by Gasteiger charge is 2.19. The number of ether oxygens (including phenoxy) is 3. The molecule has 2 aromatic carbocycles. The number of rotatable bonds is 9. The second kappa shape index (κ2) is 10.6. The van der Waals surface area contributed by atoms with E-state index in [2.05, 4.69) is 5.32 Å². The smallest absolute Gasteiger partial charge is 0.306 e. The summed E-state index contributed by atoms with van der Waals surface area (Å²) < 4.78 is 15.9. The first-order valence-corrected chi connectivity index (χ1v) is 9.30. The minimum Gasteiger partial charge on any atom is -0.495 e. The van der Waals surface area contributed by atoms with E-state index in [1.807, 2.05) is 31.2 Å². The third kappa shape index (κ3) is 6.78. The molecule has 1 amide bonds. The Balaban J connectivity index is 1.74. The molecule has 0 saturated heterocycles. The van der Waals surface area contributed by atoms with Gasteiger partial charge in [-0.3, -0.25) is 9.59 Å². The van der Waals surface area contributed by atoms with Crippen LogP contribution < -0.4 is 14.8 Å².